The molecule has 1 heterocycles. The van der Waals surface area contributed by atoms with E-state index in [1.165, 1.54) is 11.1 Å². The van der Waals surface area contributed by atoms with Crippen molar-refractivity contribution in [2.75, 3.05) is 10.0 Å². The first-order chi connectivity index (χ1) is 13.1. The predicted octanol–water partition coefficient (Wildman–Crippen LogP) is 4.78. The Balaban J connectivity index is 1.83. The molecule has 1 aliphatic rings. The van der Waals surface area contributed by atoms with Crippen LogP contribution in [0.3, 0.4) is 0 Å². The largest absolute Gasteiger partial charge is 0.273 e. The minimum absolute atomic E-state index is 0.570. The molecule has 1 N–H and O–H groups in total. The van der Waals surface area contributed by atoms with Crippen LogP contribution >= 0.6 is 12.2 Å². The van der Waals surface area contributed by atoms with Crippen molar-refractivity contribution in [1.29, 1.82) is 0 Å². The van der Waals surface area contributed by atoms with Crippen molar-refractivity contribution in [3.63, 3.8) is 0 Å². The van der Waals surface area contributed by atoms with Gasteiger partial charge in [-0.2, -0.15) is 0 Å². The van der Waals surface area contributed by atoms with Gasteiger partial charge in [-0.3, -0.25) is 5.43 Å². The molecule has 0 fully saturated rings. The molecule has 0 unspecified atom stereocenters. The maximum absolute atomic E-state index is 5.75. The van der Waals surface area contributed by atoms with Crippen LogP contribution in [0.2, 0.25) is 0 Å². The topological polar surface area (TPSA) is 30.9 Å². The summed E-state index contributed by atoms with van der Waals surface area (Å²) in [4.78, 5) is 0. The predicted molar refractivity (Wildman–Crippen MR) is 116 cm³/mol. The van der Waals surface area contributed by atoms with Crippen molar-refractivity contribution in [2.45, 2.75) is 13.8 Å². The quantitative estimate of drug-likeness (QED) is 0.670. The lowest BCUT2D eigenvalue weighted by atomic mass is 10.1. The van der Waals surface area contributed by atoms with E-state index in [1.54, 1.807) is 5.01 Å². The van der Waals surface area contributed by atoms with Crippen LogP contribution in [-0.4, -0.2) is 10.9 Å². The van der Waals surface area contributed by atoms with Gasteiger partial charge in [0.15, 0.2) is 5.84 Å². The Bertz CT molecular complexity index is 979. The van der Waals surface area contributed by atoms with Crippen molar-refractivity contribution in [3.8, 4) is 0 Å². The fraction of sp³-hybridized carbons (Fsp3) is 0.0909. The molecule has 0 amide bonds. The van der Waals surface area contributed by atoms with Crippen molar-refractivity contribution in [3.05, 3.63) is 95.6 Å². The summed E-state index contributed by atoms with van der Waals surface area (Å²) in [6, 6.07) is 26.4. The lowest BCUT2D eigenvalue weighted by Gasteiger charge is -2.36. The molecular weight excluding hydrogens is 352 g/mol. The van der Waals surface area contributed by atoms with Gasteiger partial charge in [-0.1, -0.05) is 53.6 Å². The molecule has 27 heavy (non-hydrogen) atoms. The highest BCUT2D eigenvalue weighted by molar-refractivity contribution is 7.80. The Hall–Kier alpha value is -3.18. The van der Waals surface area contributed by atoms with Gasteiger partial charge in [0.25, 0.3) is 0 Å². The molecule has 3 aromatic carbocycles. The van der Waals surface area contributed by atoms with Gasteiger partial charge in [0.05, 0.1) is 11.4 Å². The van der Waals surface area contributed by atoms with Gasteiger partial charge in [0.1, 0.15) is 0 Å². The first-order valence-corrected chi connectivity index (χ1v) is 9.21. The van der Waals surface area contributed by atoms with E-state index in [9.17, 15) is 0 Å². The number of aryl methyl sites for hydroxylation is 2. The maximum Gasteiger partial charge on any atom is 0.221 e. The third-order valence-corrected chi connectivity index (χ3v) is 4.66. The molecule has 134 valence electrons. The molecule has 0 saturated carbocycles. The van der Waals surface area contributed by atoms with Crippen molar-refractivity contribution >= 4 is 34.5 Å². The number of nitrogens with zero attached hydrogens (tertiary/aromatic N) is 3. The van der Waals surface area contributed by atoms with Gasteiger partial charge in [0.2, 0.25) is 5.11 Å². The molecule has 5 heteroatoms. The smallest absolute Gasteiger partial charge is 0.221 e. The molecule has 4 nitrogen and oxygen atoms in total. The fourth-order valence-electron chi connectivity index (χ4n) is 3.14. The average Bonchev–Trinajstić information content (AvgIpc) is 2.69. The summed E-state index contributed by atoms with van der Waals surface area (Å²) in [5.74, 6) is 0.753. The monoisotopic (exact) mass is 372 g/mol. The molecule has 0 bridgehead atoms. The normalized spacial score (nSPS) is 14.0. The van der Waals surface area contributed by atoms with Crippen LogP contribution in [-0.2, 0) is 0 Å². The van der Waals surface area contributed by atoms with E-state index in [2.05, 4.69) is 37.5 Å². The van der Waals surface area contributed by atoms with Crippen molar-refractivity contribution < 1.29 is 0 Å². The van der Waals surface area contributed by atoms with E-state index in [0.29, 0.717) is 5.11 Å². The number of hydrogen-bond acceptors (Lipinski definition) is 3. The van der Waals surface area contributed by atoms with Crippen LogP contribution < -0.4 is 15.4 Å². The summed E-state index contributed by atoms with van der Waals surface area (Å²) >= 11 is 5.75. The Kier molecular flexibility index (Phi) is 4.60. The lowest BCUT2D eigenvalue weighted by Crippen LogP contribution is -2.56. The highest BCUT2D eigenvalue weighted by atomic mass is 32.1. The number of anilines is 2. The van der Waals surface area contributed by atoms with Crippen molar-refractivity contribution in [1.82, 2.24) is 5.43 Å². The number of benzene rings is 3. The van der Waals surface area contributed by atoms with Crippen LogP contribution in [0.5, 0.6) is 0 Å². The fourth-order valence-corrected chi connectivity index (χ4v) is 3.43. The molecule has 3 aromatic rings. The van der Waals surface area contributed by atoms with Crippen LogP contribution in [0.1, 0.15) is 16.7 Å². The van der Waals surface area contributed by atoms with Gasteiger partial charge >= 0.3 is 0 Å². The summed E-state index contributed by atoms with van der Waals surface area (Å²) in [6.45, 7) is 4.18. The van der Waals surface area contributed by atoms with Gasteiger partial charge in [0, 0.05) is 5.56 Å². The second-order valence-electron chi connectivity index (χ2n) is 6.54. The Morgan fingerprint density at radius 1 is 0.778 bits per heavy atom. The number of amidine groups is 1. The molecule has 0 saturated heterocycles. The first kappa shape index (κ1) is 17.2. The van der Waals surface area contributed by atoms with Gasteiger partial charge in [-0.15, -0.1) is 5.10 Å². The van der Waals surface area contributed by atoms with E-state index in [1.807, 2.05) is 65.7 Å². The number of hydrogen-bond donors (Lipinski definition) is 1. The molecule has 0 atom stereocenters. The third kappa shape index (κ3) is 3.55. The first-order valence-electron chi connectivity index (χ1n) is 8.80. The van der Waals surface area contributed by atoms with Crippen LogP contribution in [0.15, 0.2) is 84.0 Å². The van der Waals surface area contributed by atoms with Crippen molar-refractivity contribution in [2.24, 2.45) is 5.10 Å². The second kappa shape index (κ2) is 7.21. The minimum atomic E-state index is 0.570. The molecule has 0 aliphatic carbocycles. The summed E-state index contributed by atoms with van der Waals surface area (Å²) in [5, 5.41) is 9.08. The number of hydrazone groups is 1. The third-order valence-electron chi connectivity index (χ3n) is 4.30. The Labute approximate surface area is 164 Å². The van der Waals surface area contributed by atoms with Gasteiger partial charge < -0.3 is 0 Å². The lowest BCUT2D eigenvalue weighted by molar-refractivity contribution is 0.889. The minimum Gasteiger partial charge on any atom is -0.273 e. The van der Waals surface area contributed by atoms with Crippen LogP contribution in [0, 0.1) is 13.8 Å². The molecule has 0 radical (unpaired) electrons. The number of nitrogens with one attached hydrogen (secondary N) is 1. The summed E-state index contributed by atoms with van der Waals surface area (Å²) < 4.78 is 0. The number of rotatable bonds is 3. The summed E-state index contributed by atoms with van der Waals surface area (Å²) in [7, 11) is 0. The molecule has 1 aliphatic heterocycles. The summed E-state index contributed by atoms with van der Waals surface area (Å²) in [5.41, 5.74) is 8.69. The van der Waals surface area contributed by atoms with Crippen LogP contribution in [0.25, 0.3) is 0 Å². The SMILES string of the molecule is Cc1cc(C)cc(C2=NN(c3ccccc3)C(=S)N(c3ccccc3)N2)c1. The maximum atomic E-state index is 5.75. The molecule has 0 spiro atoms. The van der Waals surface area contributed by atoms with E-state index in [-0.39, 0.29) is 0 Å². The Morgan fingerprint density at radius 3 is 1.93 bits per heavy atom. The second-order valence-corrected chi connectivity index (χ2v) is 6.90. The highest BCUT2D eigenvalue weighted by Crippen LogP contribution is 2.24. The van der Waals surface area contributed by atoms with Crippen LogP contribution in [0.4, 0.5) is 11.4 Å². The van der Waals surface area contributed by atoms with E-state index >= 15 is 0 Å². The molecule has 0 aromatic heterocycles. The van der Waals surface area contributed by atoms with E-state index < -0.39 is 0 Å². The zero-order valence-corrected chi connectivity index (χ0v) is 16.1. The standard InChI is InChI=1S/C22H20N4S/c1-16-13-17(2)15-18(14-16)21-23-25(19-9-5-3-6-10-19)22(27)26(24-21)20-11-7-4-8-12-20/h3-15H,1-2H3,(H,23,24). The van der Waals surface area contributed by atoms with E-state index in [4.69, 9.17) is 17.3 Å². The zero-order chi connectivity index (χ0) is 18.8. The van der Waals surface area contributed by atoms with Gasteiger partial charge in [-0.05, 0) is 62.5 Å². The molecule has 4 rings (SSSR count). The highest BCUT2D eigenvalue weighted by Gasteiger charge is 2.27. The van der Waals surface area contributed by atoms with Gasteiger partial charge in [-0.25, -0.2) is 10.0 Å². The molecular formula is C22H20N4S. The zero-order valence-electron chi connectivity index (χ0n) is 15.3. The van der Waals surface area contributed by atoms with E-state index in [0.717, 1.165) is 22.8 Å². The Morgan fingerprint density at radius 2 is 1.33 bits per heavy atom. The average molecular weight is 372 g/mol. The number of para-hydroxylation sites is 2. The number of hydrazine groups is 1. The summed E-state index contributed by atoms with van der Waals surface area (Å²) in [6.07, 6.45) is 0. The number of thiocarbonyl (C=S) groups is 1.